The van der Waals surface area contributed by atoms with Gasteiger partial charge in [-0.05, 0) is 25.0 Å². The van der Waals surface area contributed by atoms with Gasteiger partial charge in [-0.2, -0.15) is 4.68 Å². The first-order valence-corrected chi connectivity index (χ1v) is 11.4. The van der Waals surface area contributed by atoms with Gasteiger partial charge in [-0.15, -0.1) is 10.2 Å². The Labute approximate surface area is 191 Å². The van der Waals surface area contributed by atoms with Crippen LogP contribution in [0.2, 0.25) is 0 Å². The number of morpholine rings is 1. The molecule has 9 nitrogen and oxygen atoms in total. The Morgan fingerprint density at radius 2 is 1.85 bits per heavy atom. The summed E-state index contributed by atoms with van der Waals surface area (Å²) < 4.78 is 7.16. The van der Waals surface area contributed by atoms with Crippen molar-refractivity contribution in [3.63, 3.8) is 0 Å². The van der Waals surface area contributed by atoms with Crippen LogP contribution in [-0.2, 0) is 9.53 Å². The summed E-state index contributed by atoms with van der Waals surface area (Å²) in [5.74, 6) is 2.36. The molecule has 1 aromatic heterocycles. The van der Waals surface area contributed by atoms with Crippen molar-refractivity contribution >= 4 is 17.6 Å². The molecule has 3 aliphatic rings. The Kier molecular flexibility index (Phi) is 5.03. The van der Waals surface area contributed by atoms with Crippen LogP contribution in [0, 0.1) is 0 Å². The number of aromatic nitrogens is 3. The number of hydrogen-bond acceptors (Lipinski definition) is 7. The molecule has 0 radical (unpaired) electrons. The van der Waals surface area contributed by atoms with E-state index in [1.807, 2.05) is 52.0 Å². The van der Waals surface area contributed by atoms with Crippen LogP contribution in [0.5, 0.6) is 0 Å². The molecule has 9 heteroatoms. The topological polar surface area (TPSA) is 87.9 Å². The molecule has 1 fully saturated rings. The van der Waals surface area contributed by atoms with Crippen LogP contribution in [0.1, 0.15) is 19.3 Å². The fraction of sp³-hybridized carbons (Fsp3) is 0.333. The lowest BCUT2D eigenvalue weighted by molar-refractivity contribution is -0.135. The van der Waals surface area contributed by atoms with Crippen LogP contribution in [0.25, 0.3) is 22.8 Å². The van der Waals surface area contributed by atoms with E-state index >= 15 is 0 Å². The van der Waals surface area contributed by atoms with Gasteiger partial charge in [0.2, 0.25) is 5.91 Å². The Morgan fingerprint density at radius 3 is 2.70 bits per heavy atom. The molecule has 1 unspecified atom stereocenters. The van der Waals surface area contributed by atoms with Crippen molar-refractivity contribution in [2.24, 2.45) is 5.10 Å². The van der Waals surface area contributed by atoms with Crippen LogP contribution in [-0.4, -0.2) is 64.0 Å². The standard InChI is InChI=1S/C24H25N7O2/c32-21(29-13-15-33-16-14-29)12-6-11-20-26-27-24-30(20)19-10-5-4-9-18(19)23-25-22(28-31(23)24)17-7-2-1-3-8-17/h1-5,7-10,20,26H,6,11-16H2. The number of para-hydroxylation sites is 1. The van der Waals surface area contributed by atoms with Crippen LogP contribution in [0.4, 0.5) is 5.69 Å². The lowest BCUT2D eigenvalue weighted by Crippen LogP contribution is -2.45. The fourth-order valence-corrected chi connectivity index (χ4v) is 4.63. The van der Waals surface area contributed by atoms with Crippen LogP contribution < -0.4 is 10.3 Å². The smallest absolute Gasteiger partial charge is 0.252 e. The normalized spacial score (nSPS) is 18.8. The van der Waals surface area contributed by atoms with E-state index in [1.165, 1.54) is 0 Å². The molecule has 3 aliphatic heterocycles. The van der Waals surface area contributed by atoms with Crippen molar-refractivity contribution in [3.05, 3.63) is 54.6 Å². The molecule has 1 N–H and O–H groups in total. The number of hydrogen-bond donors (Lipinski definition) is 1. The number of fused-ring (bicyclic) bond motifs is 6. The molecular formula is C24H25N7O2. The number of carbonyl (C=O) groups excluding carboxylic acids is 1. The molecule has 2 aromatic carbocycles. The number of ether oxygens (including phenoxy) is 1. The summed E-state index contributed by atoms with van der Waals surface area (Å²) in [6, 6.07) is 18.2. The largest absolute Gasteiger partial charge is 0.378 e. The Balaban J connectivity index is 1.24. The molecule has 0 spiro atoms. The highest BCUT2D eigenvalue weighted by Gasteiger charge is 2.38. The van der Waals surface area contributed by atoms with Gasteiger partial charge in [0.05, 0.1) is 18.9 Å². The van der Waals surface area contributed by atoms with Crippen LogP contribution >= 0.6 is 0 Å². The summed E-state index contributed by atoms with van der Waals surface area (Å²) in [6.07, 6.45) is 2.04. The van der Waals surface area contributed by atoms with E-state index < -0.39 is 0 Å². The number of hydrazone groups is 1. The molecule has 3 aromatic rings. The van der Waals surface area contributed by atoms with Gasteiger partial charge >= 0.3 is 0 Å². The second kappa shape index (κ2) is 8.32. The number of anilines is 1. The maximum Gasteiger partial charge on any atom is 0.252 e. The quantitative estimate of drug-likeness (QED) is 0.652. The van der Waals surface area contributed by atoms with E-state index in [0.29, 0.717) is 44.5 Å². The first-order valence-electron chi connectivity index (χ1n) is 11.4. The highest BCUT2D eigenvalue weighted by atomic mass is 16.5. The van der Waals surface area contributed by atoms with E-state index in [9.17, 15) is 4.79 Å². The van der Waals surface area contributed by atoms with Crippen molar-refractivity contribution in [1.29, 1.82) is 0 Å². The molecular weight excluding hydrogens is 418 g/mol. The third-order valence-electron chi connectivity index (χ3n) is 6.31. The van der Waals surface area contributed by atoms with E-state index in [-0.39, 0.29) is 12.1 Å². The Hall–Kier alpha value is -3.72. The molecule has 1 saturated heterocycles. The fourth-order valence-electron chi connectivity index (χ4n) is 4.63. The Morgan fingerprint density at radius 1 is 1.06 bits per heavy atom. The van der Waals surface area contributed by atoms with E-state index in [1.54, 1.807) is 0 Å². The van der Waals surface area contributed by atoms with Gasteiger partial charge in [0, 0.05) is 30.6 Å². The number of carbonyl (C=O) groups is 1. The first-order chi connectivity index (χ1) is 16.3. The van der Waals surface area contributed by atoms with Gasteiger partial charge in [0.25, 0.3) is 5.96 Å². The van der Waals surface area contributed by atoms with E-state index in [2.05, 4.69) is 27.6 Å². The number of nitrogens with one attached hydrogen (secondary N) is 1. The summed E-state index contributed by atoms with van der Waals surface area (Å²) in [6.45, 7) is 2.63. The zero-order valence-corrected chi connectivity index (χ0v) is 18.2. The van der Waals surface area contributed by atoms with Gasteiger partial charge < -0.3 is 9.64 Å². The molecule has 0 aliphatic carbocycles. The molecule has 1 atom stereocenters. The van der Waals surface area contributed by atoms with Gasteiger partial charge in [-0.1, -0.05) is 42.5 Å². The lowest BCUT2D eigenvalue weighted by Gasteiger charge is -2.32. The third-order valence-corrected chi connectivity index (χ3v) is 6.31. The number of rotatable bonds is 5. The second-order valence-corrected chi connectivity index (χ2v) is 8.37. The molecule has 6 rings (SSSR count). The number of amides is 1. The van der Waals surface area contributed by atoms with Crippen LogP contribution in [0.15, 0.2) is 59.7 Å². The van der Waals surface area contributed by atoms with Crippen molar-refractivity contribution in [2.75, 3.05) is 31.2 Å². The summed E-state index contributed by atoms with van der Waals surface area (Å²) in [5, 5.41) is 9.40. The SMILES string of the molecule is O=C(CCCC1NN=C2N1c1ccccc1-c1nc(-c3ccccc3)nn12)N1CCOCC1. The average molecular weight is 444 g/mol. The van der Waals surface area contributed by atoms with Crippen molar-refractivity contribution in [3.8, 4) is 22.8 Å². The van der Waals surface area contributed by atoms with Crippen molar-refractivity contribution in [1.82, 2.24) is 25.1 Å². The lowest BCUT2D eigenvalue weighted by atomic mass is 10.1. The maximum atomic E-state index is 12.5. The van der Waals surface area contributed by atoms with Crippen molar-refractivity contribution in [2.45, 2.75) is 25.4 Å². The summed E-state index contributed by atoms with van der Waals surface area (Å²) in [5.41, 5.74) is 6.29. The average Bonchev–Trinajstić information content (AvgIpc) is 3.50. The van der Waals surface area contributed by atoms with Gasteiger partial charge in [-0.3, -0.25) is 15.1 Å². The highest BCUT2D eigenvalue weighted by Crippen LogP contribution is 2.38. The summed E-state index contributed by atoms with van der Waals surface area (Å²) >= 11 is 0. The van der Waals surface area contributed by atoms with E-state index in [0.717, 1.165) is 35.5 Å². The Bertz CT molecular complexity index is 1200. The second-order valence-electron chi connectivity index (χ2n) is 8.37. The molecule has 1 amide bonds. The predicted molar refractivity (Wildman–Crippen MR) is 124 cm³/mol. The maximum absolute atomic E-state index is 12.5. The van der Waals surface area contributed by atoms with Crippen molar-refractivity contribution < 1.29 is 9.53 Å². The minimum Gasteiger partial charge on any atom is -0.378 e. The molecule has 0 bridgehead atoms. The zero-order valence-electron chi connectivity index (χ0n) is 18.2. The minimum atomic E-state index is -0.0452. The summed E-state index contributed by atoms with van der Waals surface area (Å²) in [4.78, 5) is 21.5. The first kappa shape index (κ1) is 19.9. The van der Waals surface area contributed by atoms with E-state index in [4.69, 9.17) is 14.8 Å². The number of benzene rings is 2. The molecule has 168 valence electrons. The third kappa shape index (κ3) is 3.54. The highest BCUT2D eigenvalue weighted by molar-refractivity contribution is 6.07. The molecule has 33 heavy (non-hydrogen) atoms. The molecule has 4 heterocycles. The summed E-state index contributed by atoms with van der Waals surface area (Å²) in [7, 11) is 0. The van der Waals surface area contributed by atoms with Gasteiger partial charge in [0.1, 0.15) is 6.17 Å². The monoisotopic (exact) mass is 443 g/mol. The van der Waals surface area contributed by atoms with Gasteiger partial charge in [0.15, 0.2) is 11.6 Å². The predicted octanol–water partition coefficient (Wildman–Crippen LogP) is 2.51. The van der Waals surface area contributed by atoms with Gasteiger partial charge in [-0.25, -0.2) is 4.98 Å². The number of nitrogens with zero attached hydrogens (tertiary/aromatic N) is 6. The zero-order chi connectivity index (χ0) is 22.2. The van der Waals surface area contributed by atoms with Crippen LogP contribution in [0.3, 0.4) is 0 Å². The minimum absolute atomic E-state index is 0.0452. The molecule has 0 saturated carbocycles.